The Morgan fingerprint density at radius 3 is 2.89 bits per heavy atom. The lowest BCUT2D eigenvalue weighted by molar-refractivity contribution is 0.723. The first-order chi connectivity index (χ1) is 8.78. The fourth-order valence-electron chi connectivity index (χ4n) is 1.35. The van der Waals surface area contributed by atoms with Gasteiger partial charge in [-0.3, -0.25) is 4.79 Å². The molecule has 0 atom stereocenters. The second kappa shape index (κ2) is 6.32. The predicted octanol–water partition coefficient (Wildman–Crippen LogP) is 1.43. The summed E-state index contributed by atoms with van der Waals surface area (Å²) < 4.78 is 0. The van der Waals surface area contributed by atoms with E-state index in [1.165, 1.54) is 24.0 Å². The summed E-state index contributed by atoms with van der Waals surface area (Å²) in [5.41, 5.74) is 0.979. The van der Waals surface area contributed by atoms with Gasteiger partial charge in [-0.05, 0) is 29.9 Å². The number of aromatic amines is 1. The standard InChI is InChI=1S/C12H14N4OS/c1-2-13-7-9-3-4-11(15-8-9)18-12-14-6-5-10(17)16-12/h3-6,8,13H,2,7H2,1H3,(H,14,16,17). The molecule has 0 spiro atoms. The van der Waals surface area contributed by atoms with Crippen molar-refractivity contribution in [3.8, 4) is 0 Å². The van der Waals surface area contributed by atoms with E-state index in [0.717, 1.165) is 23.7 Å². The van der Waals surface area contributed by atoms with Gasteiger partial charge in [0, 0.05) is 25.0 Å². The molecule has 18 heavy (non-hydrogen) atoms. The molecule has 0 aliphatic heterocycles. The Hall–Kier alpha value is -1.66. The van der Waals surface area contributed by atoms with E-state index in [9.17, 15) is 4.79 Å². The molecule has 2 rings (SSSR count). The van der Waals surface area contributed by atoms with Gasteiger partial charge in [0.15, 0.2) is 5.16 Å². The maximum Gasteiger partial charge on any atom is 0.251 e. The molecular formula is C12H14N4OS. The van der Waals surface area contributed by atoms with E-state index < -0.39 is 0 Å². The van der Waals surface area contributed by atoms with Gasteiger partial charge in [-0.1, -0.05) is 13.0 Å². The number of aromatic nitrogens is 3. The minimum absolute atomic E-state index is 0.156. The van der Waals surface area contributed by atoms with Crippen molar-refractivity contribution in [3.05, 3.63) is 46.5 Å². The van der Waals surface area contributed by atoms with Crippen molar-refractivity contribution in [1.29, 1.82) is 0 Å². The van der Waals surface area contributed by atoms with Gasteiger partial charge in [-0.25, -0.2) is 9.97 Å². The molecule has 0 amide bonds. The van der Waals surface area contributed by atoms with Crippen LogP contribution < -0.4 is 10.9 Å². The second-order valence-corrected chi connectivity index (χ2v) is 4.64. The Morgan fingerprint density at radius 1 is 1.33 bits per heavy atom. The van der Waals surface area contributed by atoms with Crippen molar-refractivity contribution >= 4 is 11.8 Å². The molecule has 5 nitrogen and oxygen atoms in total. The predicted molar refractivity (Wildman–Crippen MR) is 70.6 cm³/mol. The van der Waals surface area contributed by atoms with Crippen LogP contribution >= 0.6 is 11.8 Å². The molecule has 0 bridgehead atoms. The summed E-state index contributed by atoms with van der Waals surface area (Å²) in [6, 6.07) is 5.32. The largest absolute Gasteiger partial charge is 0.313 e. The summed E-state index contributed by atoms with van der Waals surface area (Å²) in [6.45, 7) is 3.82. The summed E-state index contributed by atoms with van der Waals surface area (Å²) in [6.07, 6.45) is 3.31. The van der Waals surface area contributed by atoms with Crippen LogP contribution in [0, 0.1) is 0 Å². The molecule has 0 fully saturated rings. The van der Waals surface area contributed by atoms with Gasteiger partial charge in [0.2, 0.25) is 0 Å². The molecule has 0 radical (unpaired) electrons. The zero-order chi connectivity index (χ0) is 12.8. The highest BCUT2D eigenvalue weighted by molar-refractivity contribution is 7.99. The lowest BCUT2D eigenvalue weighted by Gasteiger charge is -2.03. The fourth-order valence-corrected chi connectivity index (χ4v) is 2.05. The van der Waals surface area contributed by atoms with E-state index >= 15 is 0 Å². The van der Waals surface area contributed by atoms with Crippen LogP contribution in [-0.4, -0.2) is 21.5 Å². The quantitative estimate of drug-likeness (QED) is 0.798. The first-order valence-electron chi connectivity index (χ1n) is 5.67. The minimum atomic E-state index is -0.156. The number of pyridine rings is 1. The van der Waals surface area contributed by atoms with E-state index in [1.807, 2.05) is 18.3 Å². The molecule has 2 aromatic rings. The minimum Gasteiger partial charge on any atom is -0.313 e. The van der Waals surface area contributed by atoms with Crippen molar-refractivity contribution in [2.75, 3.05) is 6.54 Å². The van der Waals surface area contributed by atoms with Gasteiger partial charge in [-0.2, -0.15) is 0 Å². The van der Waals surface area contributed by atoms with Gasteiger partial charge < -0.3 is 10.3 Å². The van der Waals surface area contributed by atoms with E-state index in [0.29, 0.717) is 5.16 Å². The molecule has 0 aromatic carbocycles. The molecule has 2 aromatic heterocycles. The van der Waals surface area contributed by atoms with Crippen molar-refractivity contribution in [2.45, 2.75) is 23.7 Å². The Morgan fingerprint density at radius 2 is 2.22 bits per heavy atom. The third kappa shape index (κ3) is 3.68. The first kappa shape index (κ1) is 12.8. The van der Waals surface area contributed by atoms with E-state index in [1.54, 1.807) is 0 Å². The van der Waals surface area contributed by atoms with Gasteiger partial charge >= 0.3 is 0 Å². The molecule has 0 unspecified atom stereocenters. The first-order valence-corrected chi connectivity index (χ1v) is 6.48. The van der Waals surface area contributed by atoms with Crippen LogP contribution in [0.2, 0.25) is 0 Å². The van der Waals surface area contributed by atoms with Gasteiger partial charge in [0.1, 0.15) is 5.03 Å². The Balaban J connectivity index is 2.04. The van der Waals surface area contributed by atoms with Crippen LogP contribution in [0.3, 0.4) is 0 Å². The maximum atomic E-state index is 11.1. The van der Waals surface area contributed by atoms with Crippen LogP contribution in [0.5, 0.6) is 0 Å². The highest BCUT2D eigenvalue weighted by atomic mass is 32.2. The third-order valence-electron chi connectivity index (χ3n) is 2.23. The maximum absolute atomic E-state index is 11.1. The van der Waals surface area contributed by atoms with Gasteiger partial charge in [0.25, 0.3) is 5.56 Å². The molecule has 6 heteroatoms. The van der Waals surface area contributed by atoms with Crippen LogP contribution in [-0.2, 0) is 6.54 Å². The molecule has 0 aliphatic rings. The summed E-state index contributed by atoms with van der Waals surface area (Å²) in [7, 11) is 0. The fraction of sp³-hybridized carbons (Fsp3) is 0.250. The van der Waals surface area contributed by atoms with Crippen LogP contribution in [0.1, 0.15) is 12.5 Å². The number of hydrogen-bond donors (Lipinski definition) is 2. The summed E-state index contributed by atoms with van der Waals surface area (Å²) in [5.74, 6) is 0. The topological polar surface area (TPSA) is 70.7 Å². The average molecular weight is 262 g/mol. The zero-order valence-corrected chi connectivity index (χ0v) is 10.8. The Labute approximate surface area is 109 Å². The van der Waals surface area contributed by atoms with E-state index in [2.05, 4.69) is 27.2 Å². The summed E-state index contributed by atoms with van der Waals surface area (Å²) in [4.78, 5) is 22.1. The molecular weight excluding hydrogens is 248 g/mol. The van der Waals surface area contributed by atoms with Crippen molar-refractivity contribution in [2.24, 2.45) is 0 Å². The van der Waals surface area contributed by atoms with Crippen molar-refractivity contribution < 1.29 is 0 Å². The molecule has 0 saturated carbocycles. The van der Waals surface area contributed by atoms with Crippen LogP contribution in [0.25, 0.3) is 0 Å². The lowest BCUT2D eigenvalue weighted by atomic mass is 10.3. The summed E-state index contributed by atoms with van der Waals surface area (Å²) >= 11 is 1.34. The highest BCUT2D eigenvalue weighted by Gasteiger charge is 2.01. The third-order valence-corrected chi connectivity index (χ3v) is 3.08. The Kier molecular flexibility index (Phi) is 4.49. The smallest absolute Gasteiger partial charge is 0.251 e. The number of H-pyrrole nitrogens is 1. The van der Waals surface area contributed by atoms with Gasteiger partial charge in [-0.15, -0.1) is 0 Å². The van der Waals surface area contributed by atoms with Crippen LogP contribution in [0.15, 0.2) is 45.6 Å². The number of rotatable bonds is 5. The van der Waals surface area contributed by atoms with E-state index in [4.69, 9.17) is 0 Å². The molecule has 2 heterocycles. The number of nitrogens with zero attached hydrogens (tertiary/aromatic N) is 2. The normalized spacial score (nSPS) is 10.5. The molecule has 0 saturated heterocycles. The van der Waals surface area contributed by atoms with Crippen molar-refractivity contribution in [1.82, 2.24) is 20.3 Å². The van der Waals surface area contributed by atoms with E-state index in [-0.39, 0.29) is 5.56 Å². The molecule has 2 N–H and O–H groups in total. The summed E-state index contributed by atoms with van der Waals surface area (Å²) in [5, 5.41) is 4.59. The SMILES string of the molecule is CCNCc1ccc(Sc2nccc(=O)[nH]2)nc1. The zero-order valence-electron chi connectivity index (χ0n) is 10.0. The van der Waals surface area contributed by atoms with Gasteiger partial charge in [0.05, 0.1) is 0 Å². The van der Waals surface area contributed by atoms with Crippen molar-refractivity contribution in [3.63, 3.8) is 0 Å². The number of nitrogens with one attached hydrogen (secondary N) is 2. The Bertz CT molecular complexity index is 553. The number of hydrogen-bond acceptors (Lipinski definition) is 5. The molecule has 0 aliphatic carbocycles. The van der Waals surface area contributed by atoms with Crippen LogP contribution in [0.4, 0.5) is 0 Å². The average Bonchev–Trinajstić information content (AvgIpc) is 2.38. The monoisotopic (exact) mass is 262 g/mol. The molecule has 94 valence electrons. The lowest BCUT2D eigenvalue weighted by Crippen LogP contribution is -2.11. The highest BCUT2D eigenvalue weighted by Crippen LogP contribution is 2.20. The second-order valence-electron chi connectivity index (χ2n) is 3.63.